The summed E-state index contributed by atoms with van der Waals surface area (Å²) in [7, 11) is 0. The van der Waals surface area contributed by atoms with E-state index >= 15 is 0 Å². The number of rotatable bonds is 8. The molecule has 0 bridgehead atoms. The van der Waals surface area contributed by atoms with E-state index in [9.17, 15) is 0 Å². The maximum absolute atomic E-state index is 4.68. The van der Waals surface area contributed by atoms with Gasteiger partial charge >= 0.3 is 0 Å². The summed E-state index contributed by atoms with van der Waals surface area (Å²) in [6.45, 7) is 16.8. The second kappa shape index (κ2) is 12.1. The molecule has 0 radical (unpaired) electrons. The van der Waals surface area contributed by atoms with Crippen molar-refractivity contribution in [1.29, 1.82) is 0 Å². The van der Waals surface area contributed by atoms with Crippen molar-refractivity contribution in [3.63, 3.8) is 0 Å². The highest BCUT2D eigenvalue weighted by atomic mass is 15.2. The predicted octanol–water partition coefficient (Wildman–Crippen LogP) is 5.80. The molecule has 0 atom stereocenters. The molecular weight excluding hydrogens is 430 g/mol. The molecule has 0 aliphatic carbocycles. The molecule has 2 aromatic rings. The molecule has 5 nitrogen and oxygen atoms in total. The van der Waals surface area contributed by atoms with Gasteiger partial charge in [0.15, 0.2) is 0 Å². The zero-order valence-corrected chi connectivity index (χ0v) is 22.4. The summed E-state index contributed by atoms with van der Waals surface area (Å²) >= 11 is 0. The molecule has 2 aliphatic heterocycles. The Morgan fingerprint density at radius 1 is 0.971 bits per heavy atom. The van der Waals surface area contributed by atoms with Crippen molar-refractivity contribution in [1.82, 2.24) is 19.8 Å². The van der Waals surface area contributed by atoms with Gasteiger partial charge in [0.2, 0.25) is 0 Å². The van der Waals surface area contributed by atoms with Crippen LogP contribution in [0.3, 0.4) is 0 Å². The normalized spacial score (nSPS) is 18.9. The molecule has 190 valence electrons. The van der Waals surface area contributed by atoms with Crippen molar-refractivity contribution in [2.24, 2.45) is 5.41 Å². The highest BCUT2D eigenvalue weighted by molar-refractivity contribution is 5.50. The van der Waals surface area contributed by atoms with E-state index in [0.717, 1.165) is 37.3 Å². The summed E-state index contributed by atoms with van der Waals surface area (Å²) in [6, 6.07) is 11.8. The van der Waals surface area contributed by atoms with Crippen molar-refractivity contribution in [2.45, 2.75) is 72.4 Å². The zero-order valence-electron chi connectivity index (χ0n) is 22.4. The third kappa shape index (κ3) is 8.15. The van der Waals surface area contributed by atoms with E-state index in [2.05, 4.69) is 81.9 Å². The van der Waals surface area contributed by atoms with Crippen LogP contribution in [0.15, 0.2) is 42.6 Å². The summed E-state index contributed by atoms with van der Waals surface area (Å²) in [5, 5.41) is 0. The average molecular weight is 476 g/mol. The highest BCUT2D eigenvalue weighted by Crippen LogP contribution is 2.23. The molecular formula is C30H45N5. The van der Waals surface area contributed by atoms with Gasteiger partial charge in [0, 0.05) is 31.9 Å². The zero-order chi connectivity index (χ0) is 24.7. The molecule has 2 aliphatic rings. The van der Waals surface area contributed by atoms with Gasteiger partial charge in [0.25, 0.3) is 0 Å². The lowest BCUT2D eigenvalue weighted by molar-refractivity contribution is 0.0975. The molecule has 4 rings (SSSR count). The number of benzene rings is 1. The SMILES string of the molecule is Cc1nccc(N(Cc2ccc(/C=C/CN3CCC(N4CCCCC4)CC3)cc2)CC(C)(C)C)n1. The third-order valence-electron chi connectivity index (χ3n) is 7.24. The van der Waals surface area contributed by atoms with Crippen molar-refractivity contribution < 1.29 is 0 Å². The standard InChI is InChI=1S/C30H45N5/c1-25-31-17-14-29(32-25)35(24-30(2,3)4)23-27-12-10-26(11-13-27)9-8-18-33-21-15-28(16-22-33)34-19-6-5-7-20-34/h8-14,17,28H,5-7,15-16,18-24H2,1-4H3/b9-8+. The Morgan fingerprint density at radius 3 is 2.34 bits per heavy atom. The van der Waals surface area contributed by atoms with Crippen LogP contribution in [0.25, 0.3) is 6.08 Å². The van der Waals surface area contributed by atoms with Crippen LogP contribution in [-0.2, 0) is 6.54 Å². The van der Waals surface area contributed by atoms with Crippen LogP contribution in [0.1, 0.15) is 69.8 Å². The summed E-state index contributed by atoms with van der Waals surface area (Å²) in [5.41, 5.74) is 2.77. The second-order valence-corrected chi connectivity index (χ2v) is 11.7. The monoisotopic (exact) mass is 475 g/mol. The van der Waals surface area contributed by atoms with Gasteiger partial charge in [-0.15, -0.1) is 0 Å². The summed E-state index contributed by atoms with van der Waals surface area (Å²) in [5.74, 6) is 1.82. The Morgan fingerprint density at radius 2 is 1.69 bits per heavy atom. The topological polar surface area (TPSA) is 35.5 Å². The Bertz CT molecular complexity index is 932. The third-order valence-corrected chi connectivity index (χ3v) is 7.24. The Labute approximate surface area is 213 Å². The lowest BCUT2D eigenvalue weighted by atomic mass is 9.95. The lowest BCUT2D eigenvalue weighted by Gasteiger charge is -2.40. The fraction of sp³-hybridized carbons (Fsp3) is 0.600. The van der Waals surface area contributed by atoms with Crippen LogP contribution < -0.4 is 4.90 Å². The van der Waals surface area contributed by atoms with E-state index < -0.39 is 0 Å². The van der Waals surface area contributed by atoms with Gasteiger partial charge in [-0.05, 0) is 81.4 Å². The van der Waals surface area contributed by atoms with E-state index in [1.165, 1.54) is 69.4 Å². The fourth-order valence-electron chi connectivity index (χ4n) is 5.45. The van der Waals surface area contributed by atoms with Crippen LogP contribution in [-0.4, -0.2) is 65.1 Å². The predicted molar refractivity (Wildman–Crippen MR) is 148 cm³/mol. The number of anilines is 1. The number of hydrogen-bond donors (Lipinski definition) is 0. The largest absolute Gasteiger partial charge is 0.352 e. The van der Waals surface area contributed by atoms with Gasteiger partial charge in [-0.1, -0.05) is 63.6 Å². The Kier molecular flexibility index (Phi) is 8.96. The minimum atomic E-state index is 0.184. The Balaban J connectivity index is 1.28. The number of aromatic nitrogens is 2. The number of hydrogen-bond acceptors (Lipinski definition) is 5. The molecule has 2 fully saturated rings. The van der Waals surface area contributed by atoms with Crippen molar-refractivity contribution in [3.05, 3.63) is 59.6 Å². The molecule has 5 heteroatoms. The van der Waals surface area contributed by atoms with Crippen molar-refractivity contribution in [2.75, 3.05) is 44.2 Å². The number of likely N-dealkylation sites (tertiary alicyclic amines) is 2. The summed E-state index contributed by atoms with van der Waals surface area (Å²) in [6.07, 6.45) is 13.4. The quantitative estimate of drug-likeness (QED) is 0.482. The van der Waals surface area contributed by atoms with Gasteiger partial charge in [0.1, 0.15) is 11.6 Å². The van der Waals surface area contributed by atoms with Crippen LogP contribution in [0.5, 0.6) is 0 Å². The minimum absolute atomic E-state index is 0.184. The summed E-state index contributed by atoms with van der Waals surface area (Å²) < 4.78 is 0. The lowest BCUT2D eigenvalue weighted by Crippen LogP contribution is -2.46. The van der Waals surface area contributed by atoms with E-state index in [0.29, 0.717) is 0 Å². The van der Waals surface area contributed by atoms with Crippen molar-refractivity contribution in [3.8, 4) is 0 Å². The molecule has 0 saturated carbocycles. The van der Waals surface area contributed by atoms with Crippen LogP contribution in [0, 0.1) is 12.3 Å². The highest BCUT2D eigenvalue weighted by Gasteiger charge is 2.25. The smallest absolute Gasteiger partial charge is 0.132 e. The molecule has 35 heavy (non-hydrogen) atoms. The van der Waals surface area contributed by atoms with Gasteiger partial charge in [0.05, 0.1) is 0 Å². The molecule has 0 spiro atoms. The first-order chi connectivity index (χ1) is 16.9. The fourth-order valence-corrected chi connectivity index (χ4v) is 5.45. The van der Waals surface area contributed by atoms with Gasteiger partial charge in [-0.3, -0.25) is 4.90 Å². The van der Waals surface area contributed by atoms with E-state index in [1.807, 2.05) is 19.2 Å². The average Bonchev–Trinajstić information content (AvgIpc) is 2.85. The van der Waals surface area contributed by atoms with Gasteiger partial charge in [-0.2, -0.15) is 0 Å². The van der Waals surface area contributed by atoms with E-state index in [-0.39, 0.29) is 5.41 Å². The van der Waals surface area contributed by atoms with E-state index in [4.69, 9.17) is 0 Å². The molecule has 0 unspecified atom stereocenters. The minimum Gasteiger partial charge on any atom is -0.352 e. The van der Waals surface area contributed by atoms with E-state index in [1.54, 1.807) is 0 Å². The maximum atomic E-state index is 4.68. The van der Waals surface area contributed by atoms with Gasteiger partial charge in [-0.25, -0.2) is 9.97 Å². The van der Waals surface area contributed by atoms with Crippen LogP contribution in [0.4, 0.5) is 5.82 Å². The molecule has 0 amide bonds. The number of piperidine rings is 2. The molecule has 0 N–H and O–H groups in total. The van der Waals surface area contributed by atoms with Crippen LogP contribution >= 0.6 is 0 Å². The molecule has 1 aromatic carbocycles. The number of nitrogens with zero attached hydrogens (tertiary/aromatic N) is 5. The molecule has 3 heterocycles. The summed E-state index contributed by atoms with van der Waals surface area (Å²) in [4.78, 5) is 16.7. The number of aryl methyl sites for hydroxylation is 1. The molecule has 1 aromatic heterocycles. The van der Waals surface area contributed by atoms with Gasteiger partial charge < -0.3 is 9.80 Å². The maximum Gasteiger partial charge on any atom is 0.132 e. The second-order valence-electron chi connectivity index (χ2n) is 11.7. The first-order valence-corrected chi connectivity index (χ1v) is 13.6. The molecule has 2 saturated heterocycles. The Hall–Kier alpha value is -2.24. The first-order valence-electron chi connectivity index (χ1n) is 13.6. The van der Waals surface area contributed by atoms with Crippen LogP contribution in [0.2, 0.25) is 0 Å². The first kappa shape index (κ1) is 25.8. The van der Waals surface area contributed by atoms with Crippen molar-refractivity contribution >= 4 is 11.9 Å².